The lowest BCUT2D eigenvalue weighted by atomic mass is 9.96. The van der Waals surface area contributed by atoms with Crippen LogP contribution in [0.15, 0.2) is 36.8 Å². The molecular weight excluding hydrogens is 454 g/mol. The molecule has 1 amide bonds. The molecule has 1 aliphatic heterocycles. The molecule has 0 unspecified atom stereocenters. The number of carbonyl (C=O) groups excluding carboxylic acids is 1. The van der Waals surface area contributed by atoms with E-state index in [1.165, 1.54) is 0 Å². The lowest BCUT2D eigenvalue weighted by Gasteiger charge is -2.26. The average Bonchev–Trinajstić information content (AvgIpc) is 3.65. The number of anilines is 2. The van der Waals surface area contributed by atoms with Crippen LogP contribution in [0.3, 0.4) is 0 Å². The van der Waals surface area contributed by atoms with Crippen LogP contribution < -0.4 is 10.2 Å². The highest BCUT2D eigenvalue weighted by molar-refractivity contribution is 6.30. The van der Waals surface area contributed by atoms with E-state index in [0.29, 0.717) is 22.7 Å². The molecule has 1 spiro atoms. The smallest absolute Gasteiger partial charge is 0.417 e. The molecule has 176 valence electrons. The highest BCUT2D eigenvalue weighted by atomic mass is 35.5. The number of ether oxygens (including phenoxy) is 1. The molecule has 9 nitrogen and oxygen atoms in total. The van der Waals surface area contributed by atoms with Gasteiger partial charge < -0.3 is 14.6 Å². The van der Waals surface area contributed by atoms with Gasteiger partial charge in [0.1, 0.15) is 11.4 Å². The monoisotopic (exact) mass is 479 g/mol. The largest absolute Gasteiger partial charge is 0.440 e. The standard InChI is InChI=1S/C24H26ClN7O2/c1-14(2)19-24(10-11-24)34-22(33)32(19)21-28-15(3)27-20(29-21)30-23(8-9-23)18-12-31(13-26-18)17-6-4-16(25)5-7-17/h4-7,12-14,19H,8-11H2,1-3H3,(H,27,28,29,30)/t19-/m0/s1. The zero-order chi connectivity index (χ0) is 23.7. The molecule has 0 radical (unpaired) electrons. The predicted octanol–water partition coefficient (Wildman–Crippen LogP) is 4.63. The number of hydrogen-bond donors (Lipinski definition) is 1. The van der Waals surface area contributed by atoms with E-state index >= 15 is 0 Å². The fourth-order valence-corrected chi connectivity index (χ4v) is 5.13. The summed E-state index contributed by atoms with van der Waals surface area (Å²) in [6.45, 7) is 6.01. The van der Waals surface area contributed by atoms with E-state index in [1.807, 2.05) is 42.0 Å². The van der Waals surface area contributed by atoms with Crippen molar-refractivity contribution in [1.82, 2.24) is 24.5 Å². The first-order valence-corrected chi connectivity index (χ1v) is 12.0. The van der Waals surface area contributed by atoms with Gasteiger partial charge in [0.25, 0.3) is 0 Å². The van der Waals surface area contributed by atoms with E-state index in [4.69, 9.17) is 16.3 Å². The number of halogens is 1. The molecule has 1 aromatic carbocycles. The Labute approximate surface area is 202 Å². The number of hydrogen-bond acceptors (Lipinski definition) is 7. The van der Waals surface area contributed by atoms with Crippen molar-refractivity contribution < 1.29 is 9.53 Å². The van der Waals surface area contributed by atoms with Crippen LogP contribution in [0.5, 0.6) is 0 Å². The summed E-state index contributed by atoms with van der Waals surface area (Å²) in [5, 5.41) is 4.18. The van der Waals surface area contributed by atoms with Crippen molar-refractivity contribution in [2.75, 3.05) is 10.2 Å². The van der Waals surface area contributed by atoms with Crippen LogP contribution >= 0.6 is 11.6 Å². The Bertz CT molecular complexity index is 1260. The van der Waals surface area contributed by atoms with E-state index in [-0.39, 0.29) is 23.6 Å². The molecule has 3 aromatic rings. The molecule has 3 heterocycles. The van der Waals surface area contributed by atoms with Crippen LogP contribution in [-0.4, -0.2) is 42.2 Å². The Morgan fingerprint density at radius 1 is 1.12 bits per heavy atom. The van der Waals surface area contributed by atoms with Gasteiger partial charge in [0, 0.05) is 16.9 Å². The van der Waals surface area contributed by atoms with Crippen molar-refractivity contribution in [3.63, 3.8) is 0 Å². The van der Waals surface area contributed by atoms with Gasteiger partial charge >= 0.3 is 6.09 Å². The maximum absolute atomic E-state index is 12.8. The second-order valence-electron chi connectivity index (χ2n) is 9.85. The Kier molecular flexibility index (Phi) is 4.64. The van der Waals surface area contributed by atoms with Gasteiger partial charge in [0.05, 0.1) is 23.6 Å². The zero-order valence-electron chi connectivity index (χ0n) is 19.3. The van der Waals surface area contributed by atoms with Crippen LogP contribution in [0.2, 0.25) is 5.02 Å². The maximum Gasteiger partial charge on any atom is 0.417 e. The Morgan fingerprint density at radius 3 is 2.50 bits per heavy atom. The molecular formula is C24H26ClN7O2. The molecule has 3 fully saturated rings. The van der Waals surface area contributed by atoms with Gasteiger partial charge in [-0.15, -0.1) is 0 Å². The van der Waals surface area contributed by atoms with Crippen LogP contribution in [0.25, 0.3) is 5.69 Å². The van der Waals surface area contributed by atoms with Crippen molar-refractivity contribution in [2.24, 2.45) is 5.92 Å². The van der Waals surface area contributed by atoms with Crippen molar-refractivity contribution >= 4 is 29.6 Å². The lowest BCUT2D eigenvalue weighted by Crippen LogP contribution is -2.43. The lowest BCUT2D eigenvalue weighted by molar-refractivity contribution is 0.109. The van der Waals surface area contributed by atoms with Gasteiger partial charge in [-0.3, -0.25) is 0 Å². The van der Waals surface area contributed by atoms with Gasteiger partial charge in [-0.2, -0.15) is 15.0 Å². The predicted molar refractivity (Wildman–Crippen MR) is 127 cm³/mol. The first-order chi connectivity index (χ1) is 16.3. The summed E-state index contributed by atoms with van der Waals surface area (Å²) in [5.41, 5.74) is 1.16. The number of nitrogens with one attached hydrogen (secondary N) is 1. The highest BCUT2D eigenvalue weighted by Gasteiger charge is 2.63. The third-order valence-electron chi connectivity index (χ3n) is 6.93. The molecule has 6 rings (SSSR count). The molecule has 1 saturated heterocycles. The minimum atomic E-state index is -0.397. The van der Waals surface area contributed by atoms with E-state index in [2.05, 4.69) is 39.1 Å². The summed E-state index contributed by atoms with van der Waals surface area (Å²) in [6.07, 6.45) is 7.02. The van der Waals surface area contributed by atoms with Gasteiger partial charge in [-0.1, -0.05) is 25.4 Å². The number of rotatable bonds is 6. The SMILES string of the molecule is Cc1nc(NC2(c3cn(-c4ccc(Cl)cc4)cn3)CC2)nc(N2C(=O)OC3(CC3)[C@@H]2C(C)C)n1. The maximum atomic E-state index is 12.8. The van der Waals surface area contributed by atoms with Crippen molar-refractivity contribution in [3.05, 3.63) is 53.3 Å². The van der Waals surface area contributed by atoms with E-state index in [1.54, 1.807) is 11.2 Å². The molecule has 2 saturated carbocycles. The first kappa shape index (κ1) is 21.3. The van der Waals surface area contributed by atoms with Crippen molar-refractivity contribution in [1.29, 1.82) is 0 Å². The zero-order valence-corrected chi connectivity index (χ0v) is 20.1. The van der Waals surface area contributed by atoms with Crippen LogP contribution in [-0.2, 0) is 10.3 Å². The number of aryl methyl sites for hydroxylation is 1. The molecule has 2 aliphatic carbocycles. The second-order valence-corrected chi connectivity index (χ2v) is 10.3. The van der Waals surface area contributed by atoms with Gasteiger partial charge in [0.15, 0.2) is 0 Å². The number of nitrogens with zero attached hydrogens (tertiary/aromatic N) is 6. The molecule has 3 aliphatic rings. The van der Waals surface area contributed by atoms with Gasteiger partial charge in [0.2, 0.25) is 11.9 Å². The molecule has 10 heteroatoms. The summed E-state index contributed by atoms with van der Waals surface area (Å²) in [6, 6.07) is 7.54. The topological polar surface area (TPSA) is 98.1 Å². The van der Waals surface area contributed by atoms with Crippen molar-refractivity contribution in [3.8, 4) is 5.69 Å². The number of amides is 1. The summed E-state index contributed by atoms with van der Waals surface area (Å²) >= 11 is 6.02. The molecule has 2 aromatic heterocycles. The van der Waals surface area contributed by atoms with Gasteiger partial charge in [-0.25, -0.2) is 14.7 Å². The van der Waals surface area contributed by atoms with Crippen LogP contribution in [0.1, 0.15) is 51.0 Å². The number of aromatic nitrogens is 5. The number of carbonyl (C=O) groups is 1. The summed E-state index contributed by atoms with van der Waals surface area (Å²) in [4.78, 5) is 32.8. The third kappa shape index (κ3) is 3.50. The van der Waals surface area contributed by atoms with Gasteiger partial charge in [-0.05, 0) is 62.8 Å². The quantitative estimate of drug-likeness (QED) is 0.550. The molecule has 0 bridgehead atoms. The molecule has 1 N–H and O–H groups in total. The molecule has 34 heavy (non-hydrogen) atoms. The van der Waals surface area contributed by atoms with E-state index in [9.17, 15) is 4.79 Å². The van der Waals surface area contributed by atoms with Crippen molar-refractivity contribution in [2.45, 2.75) is 63.6 Å². The summed E-state index contributed by atoms with van der Waals surface area (Å²) < 4.78 is 7.73. The Hall–Kier alpha value is -3.20. The number of benzene rings is 1. The minimum absolute atomic E-state index is 0.0837. The highest BCUT2D eigenvalue weighted by Crippen LogP contribution is 2.52. The van der Waals surface area contributed by atoms with E-state index in [0.717, 1.165) is 37.1 Å². The summed E-state index contributed by atoms with van der Waals surface area (Å²) in [7, 11) is 0. The average molecular weight is 480 g/mol. The Balaban J connectivity index is 1.28. The third-order valence-corrected chi connectivity index (χ3v) is 7.18. The Morgan fingerprint density at radius 2 is 1.85 bits per heavy atom. The normalized spacial score (nSPS) is 21.7. The van der Waals surface area contributed by atoms with Crippen LogP contribution in [0.4, 0.5) is 16.7 Å². The first-order valence-electron chi connectivity index (χ1n) is 11.6. The fourth-order valence-electron chi connectivity index (χ4n) is 5.00. The fraction of sp³-hybridized carbons (Fsp3) is 0.458. The second kappa shape index (κ2) is 7.40. The number of imidazole rings is 1. The van der Waals surface area contributed by atoms with Crippen LogP contribution in [0, 0.1) is 12.8 Å². The van der Waals surface area contributed by atoms with E-state index < -0.39 is 5.60 Å². The summed E-state index contributed by atoms with van der Waals surface area (Å²) in [5.74, 6) is 1.54. The minimum Gasteiger partial charge on any atom is -0.440 e. The molecule has 1 atom stereocenters.